The fourth-order valence-electron chi connectivity index (χ4n) is 1.55. The molecule has 1 saturated heterocycles. The molecule has 1 rings (SSSR count). The molecule has 0 bridgehead atoms. The van der Waals surface area contributed by atoms with Gasteiger partial charge in [-0.1, -0.05) is 6.92 Å². The Kier molecular flexibility index (Phi) is 2.69. The summed E-state index contributed by atoms with van der Waals surface area (Å²) in [4.78, 5) is 2.38. The Hall–Kier alpha value is -0.0800. The van der Waals surface area contributed by atoms with Crippen LogP contribution in [0.3, 0.4) is 0 Å². The third kappa shape index (κ3) is 1.32. The van der Waals surface area contributed by atoms with E-state index in [0.717, 1.165) is 6.42 Å². The van der Waals surface area contributed by atoms with E-state index >= 15 is 0 Å². The van der Waals surface area contributed by atoms with Crippen LogP contribution in [0.4, 0.5) is 0 Å². The van der Waals surface area contributed by atoms with Gasteiger partial charge in [0.15, 0.2) is 0 Å². The normalized spacial score (nSPS) is 29.7. The van der Waals surface area contributed by atoms with E-state index in [1.807, 2.05) is 0 Å². The summed E-state index contributed by atoms with van der Waals surface area (Å²) in [6.45, 7) is 5.86. The van der Waals surface area contributed by atoms with Crippen LogP contribution in [0.25, 0.3) is 0 Å². The number of aliphatic hydroxyl groups is 1. The molecule has 1 aliphatic rings. The third-order valence-corrected chi connectivity index (χ3v) is 2.52. The number of nitrogens with zero attached hydrogens (tertiary/aromatic N) is 1. The highest BCUT2D eigenvalue weighted by Gasteiger charge is 2.28. The largest absolute Gasteiger partial charge is 0.395 e. The van der Waals surface area contributed by atoms with Crippen LogP contribution >= 0.6 is 0 Å². The first kappa shape index (κ1) is 8.02. The maximum atomic E-state index is 8.94. The summed E-state index contributed by atoms with van der Waals surface area (Å²) in [5, 5.41) is 8.94. The van der Waals surface area contributed by atoms with E-state index in [2.05, 4.69) is 18.7 Å². The summed E-state index contributed by atoms with van der Waals surface area (Å²) in [6, 6.07) is 1.13. The first-order valence-electron chi connectivity index (χ1n) is 4.16. The minimum atomic E-state index is 0.320. The van der Waals surface area contributed by atoms with E-state index in [4.69, 9.17) is 5.11 Å². The summed E-state index contributed by atoms with van der Waals surface area (Å²) in [5.41, 5.74) is 0. The number of aliphatic hydroxyl groups excluding tert-OH is 1. The molecule has 1 fully saturated rings. The molecule has 0 aliphatic carbocycles. The zero-order valence-corrected chi connectivity index (χ0v) is 6.88. The van der Waals surface area contributed by atoms with Crippen molar-refractivity contribution in [3.8, 4) is 0 Å². The molecule has 0 amide bonds. The van der Waals surface area contributed by atoms with Crippen LogP contribution in [0.2, 0.25) is 0 Å². The average molecular weight is 143 g/mol. The summed E-state index contributed by atoms with van der Waals surface area (Å²) < 4.78 is 0. The van der Waals surface area contributed by atoms with Crippen molar-refractivity contribution < 1.29 is 5.11 Å². The lowest BCUT2D eigenvalue weighted by molar-refractivity contribution is 0.0209. The molecular formula is C8H17NO. The van der Waals surface area contributed by atoms with Gasteiger partial charge >= 0.3 is 0 Å². The van der Waals surface area contributed by atoms with Gasteiger partial charge < -0.3 is 5.11 Å². The maximum Gasteiger partial charge on any atom is 0.0586 e. The fraction of sp³-hybridized carbons (Fsp3) is 1.00. The van der Waals surface area contributed by atoms with Crippen molar-refractivity contribution in [2.75, 3.05) is 13.2 Å². The Morgan fingerprint density at radius 3 is 2.50 bits per heavy atom. The van der Waals surface area contributed by atoms with Crippen LogP contribution < -0.4 is 0 Å². The highest BCUT2D eigenvalue weighted by atomic mass is 16.3. The van der Waals surface area contributed by atoms with Gasteiger partial charge in [0, 0.05) is 18.6 Å². The molecule has 0 spiro atoms. The second kappa shape index (κ2) is 3.35. The standard InChI is InChI=1S/C8H17NO/c1-3-8(6-10)9-5-4-7(9)2/h7-8,10H,3-6H2,1-2H3. The summed E-state index contributed by atoms with van der Waals surface area (Å²) >= 11 is 0. The molecule has 1 aliphatic heterocycles. The molecule has 1 heterocycles. The van der Waals surface area contributed by atoms with E-state index < -0.39 is 0 Å². The van der Waals surface area contributed by atoms with Crippen molar-refractivity contribution in [1.82, 2.24) is 4.90 Å². The van der Waals surface area contributed by atoms with Crippen molar-refractivity contribution in [2.24, 2.45) is 0 Å². The first-order valence-corrected chi connectivity index (χ1v) is 4.16. The van der Waals surface area contributed by atoms with Crippen LogP contribution in [0.15, 0.2) is 0 Å². The summed E-state index contributed by atoms with van der Waals surface area (Å²) in [7, 11) is 0. The zero-order chi connectivity index (χ0) is 7.56. The lowest BCUT2D eigenvalue weighted by Crippen LogP contribution is -2.52. The van der Waals surface area contributed by atoms with Crippen molar-refractivity contribution in [2.45, 2.75) is 38.8 Å². The molecule has 0 aromatic carbocycles. The molecule has 2 nitrogen and oxygen atoms in total. The quantitative estimate of drug-likeness (QED) is 0.633. The van der Waals surface area contributed by atoms with Gasteiger partial charge in [-0.05, 0) is 19.8 Å². The highest BCUT2D eigenvalue weighted by molar-refractivity contribution is 4.84. The van der Waals surface area contributed by atoms with Gasteiger partial charge in [-0.25, -0.2) is 0 Å². The Bertz CT molecular complexity index is 98.7. The Morgan fingerprint density at radius 2 is 2.40 bits per heavy atom. The molecule has 0 aromatic rings. The monoisotopic (exact) mass is 143 g/mol. The van der Waals surface area contributed by atoms with Crippen molar-refractivity contribution in [1.29, 1.82) is 0 Å². The number of hydrogen-bond acceptors (Lipinski definition) is 2. The van der Waals surface area contributed by atoms with E-state index in [1.165, 1.54) is 13.0 Å². The van der Waals surface area contributed by atoms with Crippen LogP contribution in [-0.4, -0.2) is 35.2 Å². The molecule has 0 saturated carbocycles. The molecule has 60 valence electrons. The molecular weight excluding hydrogens is 126 g/mol. The Morgan fingerprint density at radius 1 is 1.70 bits per heavy atom. The zero-order valence-electron chi connectivity index (χ0n) is 6.88. The van der Waals surface area contributed by atoms with Gasteiger partial charge in [0.1, 0.15) is 0 Å². The second-order valence-electron chi connectivity index (χ2n) is 3.12. The average Bonchev–Trinajstić information content (AvgIpc) is 1.96. The molecule has 2 heteroatoms. The lowest BCUT2D eigenvalue weighted by atomic mass is 10.0. The van der Waals surface area contributed by atoms with Gasteiger partial charge in [0.2, 0.25) is 0 Å². The van der Waals surface area contributed by atoms with Crippen molar-refractivity contribution in [3.05, 3.63) is 0 Å². The van der Waals surface area contributed by atoms with Crippen LogP contribution in [0.5, 0.6) is 0 Å². The molecule has 1 N–H and O–H groups in total. The van der Waals surface area contributed by atoms with Gasteiger partial charge in [0.25, 0.3) is 0 Å². The molecule has 0 aromatic heterocycles. The minimum absolute atomic E-state index is 0.320. The minimum Gasteiger partial charge on any atom is -0.395 e. The first-order chi connectivity index (χ1) is 4.79. The molecule has 2 unspecified atom stereocenters. The predicted octanol–water partition coefficient (Wildman–Crippen LogP) is 0.852. The van der Waals surface area contributed by atoms with Gasteiger partial charge in [-0.15, -0.1) is 0 Å². The fourth-order valence-corrected chi connectivity index (χ4v) is 1.55. The van der Waals surface area contributed by atoms with Gasteiger partial charge in [-0.3, -0.25) is 4.90 Å². The highest BCUT2D eigenvalue weighted by Crippen LogP contribution is 2.20. The summed E-state index contributed by atoms with van der Waals surface area (Å²) in [5.74, 6) is 0. The second-order valence-corrected chi connectivity index (χ2v) is 3.12. The van der Waals surface area contributed by atoms with Gasteiger partial charge in [0.05, 0.1) is 6.61 Å². The van der Waals surface area contributed by atoms with E-state index in [-0.39, 0.29) is 0 Å². The number of hydrogen-bond donors (Lipinski definition) is 1. The van der Waals surface area contributed by atoms with Crippen molar-refractivity contribution >= 4 is 0 Å². The Labute approximate surface area is 62.8 Å². The third-order valence-electron chi connectivity index (χ3n) is 2.52. The van der Waals surface area contributed by atoms with E-state index in [0.29, 0.717) is 18.7 Å². The maximum absolute atomic E-state index is 8.94. The van der Waals surface area contributed by atoms with E-state index in [1.54, 1.807) is 0 Å². The van der Waals surface area contributed by atoms with Gasteiger partial charge in [-0.2, -0.15) is 0 Å². The van der Waals surface area contributed by atoms with Crippen LogP contribution in [0, 0.1) is 0 Å². The lowest BCUT2D eigenvalue weighted by Gasteiger charge is -2.43. The van der Waals surface area contributed by atoms with E-state index in [9.17, 15) is 0 Å². The molecule has 2 atom stereocenters. The van der Waals surface area contributed by atoms with Crippen LogP contribution in [-0.2, 0) is 0 Å². The van der Waals surface area contributed by atoms with Crippen LogP contribution in [0.1, 0.15) is 26.7 Å². The molecule has 0 radical (unpaired) electrons. The summed E-state index contributed by atoms with van der Waals surface area (Å²) in [6.07, 6.45) is 2.37. The smallest absolute Gasteiger partial charge is 0.0586 e. The topological polar surface area (TPSA) is 23.5 Å². The SMILES string of the molecule is CCC(CO)N1CCC1C. The van der Waals surface area contributed by atoms with Crippen molar-refractivity contribution in [3.63, 3.8) is 0 Å². The molecule has 10 heavy (non-hydrogen) atoms. The number of likely N-dealkylation sites (tertiary alicyclic amines) is 1. The Balaban J connectivity index is 2.31. The predicted molar refractivity (Wildman–Crippen MR) is 41.9 cm³/mol. The number of rotatable bonds is 3.